The third kappa shape index (κ3) is 2.86. The summed E-state index contributed by atoms with van der Waals surface area (Å²) in [4.78, 5) is 1.06. The van der Waals surface area contributed by atoms with E-state index in [1.54, 1.807) is 23.5 Å². The maximum Gasteiger partial charge on any atom is 0.179 e. The largest absolute Gasteiger partial charge is 0.485 e. The van der Waals surface area contributed by atoms with Crippen LogP contribution in [0.1, 0.15) is 10.4 Å². The van der Waals surface area contributed by atoms with Crippen molar-refractivity contribution in [1.82, 2.24) is 0 Å². The molecule has 17 heavy (non-hydrogen) atoms. The molecular formula is C12H11BrFNOS. The van der Waals surface area contributed by atoms with Gasteiger partial charge in [-0.1, -0.05) is 12.1 Å². The Bertz CT molecular complexity index is 501. The number of hydrogen-bond donors (Lipinski definition) is 1. The Balaban J connectivity index is 2.14. The minimum absolute atomic E-state index is 0.238. The first-order chi connectivity index (χ1) is 8.22. The molecule has 1 heterocycles. The summed E-state index contributed by atoms with van der Waals surface area (Å²) in [5, 5.41) is 1.96. The first-order valence-electron chi connectivity index (χ1n) is 5.04. The number of nitrogens with two attached hydrogens (primary N) is 1. The molecule has 0 aliphatic rings. The van der Waals surface area contributed by atoms with Crippen molar-refractivity contribution in [3.63, 3.8) is 0 Å². The summed E-state index contributed by atoms with van der Waals surface area (Å²) < 4.78 is 19.7. The van der Waals surface area contributed by atoms with Gasteiger partial charge in [-0.05, 0) is 39.0 Å². The third-order valence-corrected chi connectivity index (χ3v) is 4.00. The number of thiophene rings is 1. The molecule has 0 bridgehead atoms. The summed E-state index contributed by atoms with van der Waals surface area (Å²) in [6, 6.07) is 7.26. The molecule has 0 saturated carbocycles. The molecule has 2 N–H and O–H groups in total. The summed E-state index contributed by atoms with van der Waals surface area (Å²) >= 11 is 4.76. The van der Waals surface area contributed by atoms with Crippen molar-refractivity contribution in [3.05, 3.63) is 50.4 Å². The second kappa shape index (κ2) is 5.62. The van der Waals surface area contributed by atoms with Gasteiger partial charge in [0.25, 0.3) is 0 Å². The zero-order valence-corrected chi connectivity index (χ0v) is 11.4. The minimum atomic E-state index is -0.399. The van der Waals surface area contributed by atoms with Gasteiger partial charge in [-0.3, -0.25) is 0 Å². The molecular weight excluding hydrogens is 305 g/mol. The fraction of sp³-hybridized carbons (Fsp3) is 0.167. The van der Waals surface area contributed by atoms with Crippen molar-refractivity contribution < 1.29 is 9.13 Å². The van der Waals surface area contributed by atoms with Crippen LogP contribution in [-0.2, 0) is 13.2 Å². The maximum atomic E-state index is 13.9. The van der Waals surface area contributed by atoms with Crippen molar-refractivity contribution in [1.29, 1.82) is 0 Å². The molecule has 90 valence electrons. The van der Waals surface area contributed by atoms with E-state index in [1.807, 2.05) is 17.5 Å². The number of ether oxygens (including phenoxy) is 1. The maximum absolute atomic E-state index is 13.9. The van der Waals surface area contributed by atoms with E-state index in [-0.39, 0.29) is 5.75 Å². The topological polar surface area (TPSA) is 35.2 Å². The number of rotatable bonds is 4. The van der Waals surface area contributed by atoms with Gasteiger partial charge in [0, 0.05) is 11.4 Å². The SMILES string of the molecule is NCc1ccc(OCc2cccs2)c(F)c1Br. The van der Waals surface area contributed by atoms with E-state index >= 15 is 0 Å². The third-order valence-electron chi connectivity index (χ3n) is 2.30. The lowest BCUT2D eigenvalue weighted by molar-refractivity contribution is 0.292. The van der Waals surface area contributed by atoms with Crippen LogP contribution in [0.15, 0.2) is 34.1 Å². The minimum Gasteiger partial charge on any atom is -0.485 e. The predicted octanol–water partition coefficient (Wildman–Crippen LogP) is 3.69. The van der Waals surface area contributed by atoms with Gasteiger partial charge < -0.3 is 10.5 Å². The number of hydrogen-bond acceptors (Lipinski definition) is 3. The Labute approximate surface area is 111 Å². The van der Waals surface area contributed by atoms with Crippen LogP contribution in [0.4, 0.5) is 4.39 Å². The molecule has 0 spiro atoms. The normalized spacial score (nSPS) is 10.5. The molecule has 2 aromatic rings. The van der Waals surface area contributed by atoms with E-state index in [2.05, 4.69) is 15.9 Å². The molecule has 0 radical (unpaired) electrons. The van der Waals surface area contributed by atoms with Gasteiger partial charge in [-0.15, -0.1) is 11.3 Å². The van der Waals surface area contributed by atoms with E-state index < -0.39 is 5.82 Å². The number of benzene rings is 1. The standard InChI is InChI=1S/C12H11BrFNOS/c13-11-8(6-15)3-4-10(12(11)14)16-7-9-2-1-5-17-9/h1-5H,6-7,15H2. The highest BCUT2D eigenvalue weighted by molar-refractivity contribution is 9.10. The highest BCUT2D eigenvalue weighted by Gasteiger charge is 2.11. The monoisotopic (exact) mass is 315 g/mol. The molecule has 0 aliphatic carbocycles. The van der Waals surface area contributed by atoms with Gasteiger partial charge >= 0.3 is 0 Å². The molecule has 0 aliphatic heterocycles. The molecule has 0 atom stereocenters. The molecule has 0 unspecified atom stereocenters. The van der Waals surface area contributed by atoms with Crippen LogP contribution in [0.2, 0.25) is 0 Å². The average Bonchev–Trinajstić information content (AvgIpc) is 2.84. The van der Waals surface area contributed by atoms with Crippen molar-refractivity contribution >= 4 is 27.3 Å². The van der Waals surface area contributed by atoms with E-state index in [1.165, 1.54) is 0 Å². The second-order valence-corrected chi connectivity index (χ2v) is 5.25. The highest BCUT2D eigenvalue weighted by Crippen LogP contribution is 2.29. The van der Waals surface area contributed by atoms with Crippen molar-refractivity contribution in [2.24, 2.45) is 5.73 Å². The van der Waals surface area contributed by atoms with E-state index in [0.717, 1.165) is 10.4 Å². The molecule has 1 aromatic heterocycles. The Morgan fingerprint density at radius 3 is 2.82 bits per heavy atom. The Morgan fingerprint density at radius 1 is 1.35 bits per heavy atom. The van der Waals surface area contributed by atoms with Gasteiger partial charge in [0.2, 0.25) is 0 Å². The van der Waals surface area contributed by atoms with Crippen LogP contribution in [0.3, 0.4) is 0 Å². The zero-order valence-electron chi connectivity index (χ0n) is 8.95. The van der Waals surface area contributed by atoms with E-state index in [9.17, 15) is 4.39 Å². The average molecular weight is 316 g/mol. The van der Waals surface area contributed by atoms with Crippen LogP contribution in [0, 0.1) is 5.82 Å². The molecule has 5 heteroatoms. The summed E-state index contributed by atoms with van der Waals surface area (Å²) in [5.74, 6) is -0.160. The van der Waals surface area contributed by atoms with Gasteiger partial charge in [0.05, 0.1) is 4.47 Å². The van der Waals surface area contributed by atoms with Crippen LogP contribution in [-0.4, -0.2) is 0 Å². The Kier molecular flexibility index (Phi) is 4.15. The van der Waals surface area contributed by atoms with Crippen molar-refractivity contribution in [2.45, 2.75) is 13.2 Å². The van der Waals surface area contributed by atoms with Crippen molar-refractivity contribution in [3.8, 4) is 5.75 Å². The lowest BCUT2D eigenvalue weighted by Crippen LogP contribution is -2.01. The summed E-state index contributed by atoms with van der Waals surface area (Å²) in [5.41, 5.74) is 6.21. The summed E-state index contributed by atoms with van der Waals surface area (Å²) in [6.45, 7) is 0.672. The smallest absolute Gasteiger partial charge is 0.179 e. The molecule has 0 saturated heterocycles. The van der Waals surface area contributed by atoms with Crippen LogP contribution in [0.5, 0.6) is 5.75 Å². The Hall–Kier alpha value is -0.910. The second-order valence-electron chi connectivity index (χ2n) is 3.42. The van der Waals surface area contributed by atoms with E-state index in [4.69, 9.17) is 10.5 Å². The predicted molar refractivity (Wildman–Crippen MR) is 70.6 cm³/mol. The Morgan fingerprint density at radius 2 is 2.18 bits per heavy atom. The van der Waals surface area contributed by atoms with E-state index in [0.29, 0.717) is 17.6 Å². The number of halogens is 2. The van der Waals surface area contributed by atoms with Gasteiger partial charge in [-0.25, -0.2) is 4.39 Å². The molecule has 2 rings (SSSR count). The first kappa shape index (κ1) is 12.5. The lowest BCUT2D eigenvalue weighted by atomic mass is 10.2. The van der Waals surface area contributed by atoms with Gasteiger partial charge in [-0.2, -0.15) is 0 Å². The van der Waals surface area contributed by atoms with Crippen LogP contribution in [0.25, 0.3) is 0 Å². The molecule has 2 nitrogen and oxygen atoms in total. The quantitative estimate of drug-likeness (QED) is 0.934. The van der Waals surface area contributed by atoms with Crippen molar-refractivity contribution in [2.75, 3.05) is 0 Å². The first-order valence-corrected chi connectivity index (χ1v) is 6.71. The summed E-state index contributed by atoms with van der Waals surface area (Å²) in [7, 11) is 0. The highest BCUT2D eigenvalue weighted by atomic mass is 79.9. The van der Waals surface area contributed by atoms with Gasteiger partial charge in [0.1, 0.15) is 6.61 Å². The van der Waals surface area contributed by atoms with Crippen LogP contribution < -0.4 is 10.5 Å². The molecule has 0 amide bonds. The zero-order chi connectivity index (χ0) is 12.3. The molecule has 1 aromatic carbocycles. The lowest BCUT2D eigenvalue weighted by Gasteiger charge is -2.09. The fourth-order valence-corrected chi connectivity index (χ4v) is 2.49. The fourth-order valence-electron chi connectivity index (χ4n) is 1.38. The van der Waals surface area contributed by atoms with Gasteiger partial charge in [0.15, 0.2) is 11.6 Å². The molecule has 0 fully saturated rings. The van der Waals surface area contributed by atoms with Crippen LogP contribution >= 0.6 is 27.3 Å². The summed E-state index contributed by atoms with van der Waals surface area (Å²) in [6.07, 6.45) is 0.